The van der Waals surface area contributed by atoms with Gasteiger partial charge in [0.25, 0.3) is 0 Å². The van der Waals surface area contributed by atoms with Crippen LogP contribution in [-0.2, 0) is 22.4 Å². The van der Waals surface area contributed by atoms with E-state index < -0.39 is 0 Å². The largest absolute Gasteiger partial charge is 0.490 e. The molecule has 8 nitrogen and oxygen atoms in total. The molecular weight excluding hydrogens is 456 g/mol. The van der Waals surface area contributed by atoms with E-state index in [1.165, 1.54) is 6.42 Å². The molecule has 0 spiro atoms. The zero-order chi connectivity index (χ0) is 23.9. The molecule has 0 aliphatic carbocycles. The zero-order valence-electron chi connectivity index (χ0n) is 19.7. The molecule has 0 bridgehead atoms. The van der Waals surface area contributed by atoms with Gasteiger partial charge >= 0.3 is 0 Å². The molecule has 0 saturated carbocycles. The Kier molecular flexibility index (Phi) is 8.43. The second-order valence-electron chi connectivity index (χ2n) is 9.11. The van der Waals surface area contributed by atoms with E-state index >= 15 is 0 Å². The number of nitrogens with zero attached hydrogens (tertiary/aromatic N) is 4. The van der Waals surface area contributed by atoms with Crippen molar-refractivity contribution >= 4 is 23.4 Å². The van der Waals surface area contributed by atoms with Crippen molar-refractivity contribution in [3.05, 3.63) is 41.0 Å². The van der Waals surface area contributed by atoms with Gasteiger partial charge in [0.1, 0.15) is 11.9 Å². The average Bonchev–Trinajstić information content (AvgIpc) is 3.32. The molecule has 4 rings (SSSR count). The highest BCUT2D eigenvalue weighted by Crippen LogP contribution is 2.28. The maximum absolute atomic E-state index is 13.1. The van der Waals surface area contributed by atoms with E-state index in [2.05, 4.69) is 10.1 Å². The maximum Gasteiger partial charge on any atom is 0.227 e. The highest BCUT2D eigenvalue weighted by Gasteiger charge is 2.35. The minimum atomic E-state index is -0.153. The van der Waals surface area contributed by atoms with Gasteiger partial charge in [0, 0.05) is 69.2 Å². The van der Waals surface area contributed by atoms with Crippen molar-refractivity contribution in [2.24, 2.45) is 5.92 Å². The third kappa shape index (κ3) is 6.50. The summed E-state index contributed by atoms with van der Waals surface area (Å²) >= 11 is 6.13. The number of halogens is 1. The first-order valence-electron chi connectivity index (χ1n) is 12.3. The molecule has 2 saturated heterocycles. The summed E-state index contributed by atoms with van der Waals surface area (Å²) in [5, 5.41) is 4.50. The Labute approximate surface area is 205 Å². The Balaban J connectivity index is 1.40. The third-order valence-electron chi connectivity index (χ3n) is 6.63. The molecule has 2 atom stereocenters. The predicted octanol–water partition coefficient (Wildman–Crippen LogP) is 3.92. The molecule has 9 heteroatoms. The number of hydrogen-bond donors (Lipinski definition) is 0. The van der Waals surface area contributed by atoms with Crippen LogP contribution >= 0.6 is 11.6 Å². The Bertz CT molecular complexity index is 975. The summed E-state index contributed by atoms with van der Waals surface area (Å²) < 4.78 is 11.5. The van der Waals surface area contributed by atoms with E-state index in [0.29, 0.717) is 67.7 Å². The van der Waals surface area contributed by atoms with Gasteiger partial charge in [-0.05, 0) is 37.5 Å². The van der Waals surface area contributed by atoms with E-state index in [0.717, 1.165) is 25.9 Å². The second-order valence-corrected chi connectivity index (χ2v) is 9.54. The standard InChI is InChI=1S/C25H33ClN4O4/c1-2-22-27-23(34-28-22)9-10-24(31)30-14-11-21(33-20-8-6-7-19(26)16-20)18(17-30)15-25(32)29-12-4-3-5-13-29/h6-8,16,18,21H,2-5,9-15,17H2,1H3/t18-,21-/m0/s1. The molecule has 2 aliphatic rings. The van der Waals surface area contributed by atoms with Crippen LogP contribution in [0.25, 0.3) is 0 Å². The van der Waals surface area contributed by atoms with Crippen molar-refractivity contribution in [1.82, 2.24) is 19.9 Å². The van der Waals surface area contributed by atoms with E-state index in [1.54, 1.807) is 12.1 Å². The summed E-state index contributed by atoms with van der Waals surface area (Å²) in [6, 6.07) is 7.32. The van der Waals surface area contributed by atoms with Crippen LogP contribution in [0.2, 0.25) is 5.02 Å². The fourth-order valence-corrected chi connectivity index (χ4v) is 4.89. The Hall–Kier alpha value is -2.61. The van der Waals surface area contributed by atoms with Gasteiger partial charge in [0.2, 0.25) is 17.7 Å². The molecular formula is C25H33ClN4O4. The first kappa shape index (κ1) is 24.5. The molecule has 2 amide bonds. The number of amides is 2. The van der Waals surface area contributed by atoms with Crippen molar-refractivity contribution in [3.8, 4) is 5.75 Å². The number of carbonyl (C=O) groups is 2. The number of carbonyl (C=O) groups excluding carboxylic acids is 2. The molecule has 3 heterocycles. The lowest BCUT2D eigenvalue weighted by atomic mass is 9.90. The lowest BCUT2D eigenvalue weighted by Crippen LogP contribution is -2.50. The lowest BCUT2D eigenvalue weighted by molar-refractivity contribution is -0.139. The van der Waals surface area contributed by atoms with Crippen LogP contribution in [0.15, 0.2) is 28.8 Å². The van der Waals surface area contributed by atoms with Crippen LogP contribution in [-0.4, -0.2) is 64.0 Å². The number of aromatic nitrogens is 2. The van der Waals surface area contributed by atoms with Gasteiger partial charge < -0.3 is 19.1 Å². The number of aryl methyl sites for hydroxylation is 2. The van der Waals surface area contributed by atoms with Crippen LogP contribution in [0.4, 0.5) is 0 Å². The van der Waals surface area contributed by atoms with Gasteiger partial charge in [-0.2, -0.15) is 4.98 Å². The van der Waals surface area contributed by atoms with Crippen molar-refractivity contribution in [2.45, 2.75) is 64.4 Å². The Morgan fingerprint density at radius 1 is 1.15 bits per heavy atom. The summed E-state index contributed by atoms with van der Waals surface area (Å²) in [5.41, 5.74) is 0. The summed E-state index contributed by atoms with van der Waals surface area (Å²) in [4.78, 5) is 34.1. The van der Waals surface area contributed by atoms with E-state index in [9.17, 15) is 9.59 Å². The summed E-state index contributed by atoms with van der Waals surface area (Å²) in [7, 11) is 0. The fourth-order valence-electron chi connectivity index (χ4n) is 4.71. The summed E-state index contributed by atoms with van der Waals surface area (Å²) in [6.07, 6.45) is 5.59. The number of piperidine rings is 2. The molecule has 34 heavy (non-hydrogen) atoms. The van der Waals surface area contributed by atoms with Crippen LogP contribution in [0.5, 0.6) is 5.75 Å². The first-order chi connectivity index (χ1) is 16.5. The highest BCUT2D eigenvalue weighted by atomic mass is 35.5. The number of rotatable bonds is 8. The van der Waals surface area contributed by atoms with Crippen LogP contribution in [0.3, 0.4) is 0 Å². The van der Waals surface area contributed by atoms with Crippen LogP contribution < -0.4 is 4.74 Å². The predicted molar refractivity (Wildman–Crippen MR) is 128 cm³/mol. The smallest absolute Gasteiger partial charge is 0.227 e. The molecule has 1 aromatic heterocycles. The number of hydrogen-bond acceptors (Lipinski definition) is 6. The van der Waals surface area contributed by atoms with Gasteiger partial charge in [-0.1, -0.05) is 29.7 Å². The van der Waals surface area contributed by atoms with Gasteiger partial charge in [-0.3, -0.25) is 9.59 Å². The fraction of sp³-hybridized carbons (Fsp3) is 0.600. The SMILES string of the molecule is CCc1noc(CCC(=O)N2CC[C@H](Oc3cccc(Cl)c3)[C@@H](CC(=O)N3CCCCC3)C2)n1. The Morgan fingerprint density at radius 3 is 2.71 bits per heavy atom. The van der Waals surface area contributed by atoms with Crippen LogP contribution in [0.1, 0.15) is 57.2 Å². The number of likely N-dealkylation sites (tertiary alicyclic amines) is 2. The summed E-state index contributed by atoms with van der Waals surface area (Å²) in [5.74, 6) is 1.93. The van der Waals surface area contributed by atoms with E-state index in [1.807, 2.05) is 28.9 Å². The van der Waals surface area contributed by atoms with E-state index in [-0.39, 0.29) is 23.8 Å². The minimum Gasteiger partial charge on any atom is -0.490 e. The van der Waals surface area contributed by atoms with Crippen molar-refractivity contribution < 1.29 is 18.8 Å². The molecule has 2 fully saturated rings. The topological polar surface area (TPSA) is 88.8 Å². The lowest BCUT2D eigenvalue weighted by Gasteiger charge is -2.39. The minimum absolute atomic E-state index is 0.0351. The quantitative estimate of drug-likeness (QED) is 0.559. The van der Waals surface area contributed by atoms with E-state index in [4.69, 9.17) is 20.9 Å². The van der Waals surface area contributed by atoms with Crippen LogP contribution in [0, 0.1) is 5.92 Å². The summed E-state index contributed by atoms with van der Waals surface area (Å²) in [6.45, 7) is 4.67. The third-order valence-corrected chi connectivity index (χ3v) is 6.86. The van der Waals surface area contributed by atoms with Gasteiger partial charge in [-0.25, -0.2) is 0 Å². The zero-order valence-corrected chi connectivity index (χ0v) is 20.5. The second kappa shape index (κ2) is 11.7. The maximum atomic E-state index is 13.1. The number of ether oxygens (including phenoxy) is 1. The monoisotopic (exact) mass is 488 g/mol. The first-order valence-corrected chi connectivity index (χ1v) is 12.7. The molecule has 0 radical (unpaired) electrons. The molecule has 1 aromatic carbocycles. The highest BCUT2D eigenvalue weighted by molar-refractivity contribution is 6.30. The Morgan fingerprint density at radius 2 is 1.97 bits per heavy atom. The van der Waals surface area contributed by atoms with Crippen molar-refractivity contribution in [2.75, 3.05) is 26.2 Å². The van der Waals surface area contributed by atoms with Crippen molar-refractivity contribution in [1.29, 1.82) is 0 Å². The average molecular weight is 489 g/mol. The molecule has 0 unspecified atom stereocenters. The van der Waals surface area contributed by atoms with Gasteiger partial charge in [-0.15, -0.1) is 0 Å². The normalized spacial score (nSPS) is 20.9. The van der Waals surface area contributed by atoms with Gasteiger partial charge in [0.05, 0.1) is 0 Å². The molecule has 2 aromatic rings. The number of benzene rings is 1. The molecule has 2 aliphatic heterocycles. The molecule has 0 N–H and O–H groups in total. The van der Waals surface area contributed by atoms with Gasteiger partial charge in [0.15, 0.2) is 5.82 Å². The molecule has 184 valence electrons. The van der Waals surface area contributed by atoms with Crippen molar-refractivity contribution in [3.63, 3.8) is 0 Å².